The van der Waals surface area contributed by atoms with Crippen LogP contribution in [-0.2, 0) is 4.79 Å². The molecule has 0 aliphatic rings. The Morgan fingerprint density at radius 3 is 2.70 bits per heavy atom. The first kappa shape index (κ1) is 14.3. The van der Waals surface area contributed by atoms with E-state index in [2.05, 4.69) is 10.3 Å². The van der Waals surface area contributed by atoms with E-state index in [1.807, 2.05) is 49.1 Å². The van der Waals surface area contributed by atoms with Crippen molar-refractivity contribution in [3.05, 3.63) is 36.5 Å². The predicted molar refractivity (Wildman–Crippen MR) is 82.8 cm³/mol. The molecule has 0 bridgehead atoms. The monoisotopic (exact) mass is 271 g/mol. The molecular weight excluding hydrogens is 250 g/mol. The number of pyridine rings is 1. The molecule has 4 heteroatoms. The number of aromatic nitrogens is 1. The largest absolute Gasteiger partial charge is 0.384 e. The van der Waals surface area contributed by atoms with E-state index in [1.165, 1.54) is 0 Å². The quantitative estimate of drug-likeness (QED) is 0.878. The number of anilines is 1. The Balaban J connectivity index is 1.98. The van der Waals surface area contributed by atoms with Crippen molar-refractivity contribution in [2.45, 2.75) is 20.3 Å². The van der Waals surface area contributed by atoms with Gasteiger partial charge in [-0.15, -0.1) is 0 Å². The molecule has 20 heavy (non-hydrogen) atoms. The SMILES string of the molecule is CCN(CC)C(=O)CCNc1ccnc2ccccc12. The van der Waals surface area contributed by atoms with Crippen LogP contribution in [0, 0.1) is 0 Å². The maximum absolute atomic E-state index is 11.9. The summed E-state index contributed by atoms with van der Waals surface area (Å²) in [6.07, 6.45) is 2.30. The fourth-order valence-corrected chi connectivity index (χ4v) is 2.29. The van der Waals surface area contributed by atoms with Crippen LogP contribution < -0.4 is 5.32 Å². The Kier molecular flexibility index (Phi) is 4.93. The summed E-state index contributed by atoms with van der Waals surface area (Å²) in [4.78, 5) is 18.1. The highest BCUT2D eigenvalue weighted by atomic mass is 16.2. The van der Waals surface area contributed by atoms with Crippen molar-refractivity contribution in [2.75, 3.05) is 25.0 Å². The summed E-state index contributed by atoms with van der Waals surface area (Å²) >= 11 is 0. The first-order valence-corrected chi connectivity index (χ1v) is 7.11. The van der Waals surface area contributed by atoms with Gasteiger partial charge < -0.3 is 10.2 Å². The van der Waals surface area contributed by atoms with Crippen LogP contribution in [0.25, 0.3) is 10.9 Å². The standard InChI is InChI=1S/C16H21N3O/c1-3-19(4-2)16(20)10-12-18-15-9-11-17-14-8-6-5-7-13(14)15/h5-9,11H,3-4,10,12H2,1-2H3,(H,17,18). The summed E-state index contributed by atoms with van der Waals surface area (Å²) in [5.74, 6) is 0.195. The number of carbonyl (C=O) groups is 1. The summed E-state index contributed by atoms with van der Waals surface area (Å²) in [5, 5.41) is 4.42. The number of para-hydroxylation sites is 1. The van der Waals surface area contributed by atoms with E-state index in [9.17, 15) is 4.79 Å². The molecule has 106 valence electrons. The van der Waals surface area contributed by atoms with Crippen molar-refractivity contribution in [3.63, 3.8) is 0 Å². The average Bonchev–Trinajstić information content (AvgIpc) is 2.49. The van der Waals surface area contributed by atoms with E-state index in [1.54, 1.807) is 6.20 Å². The second-order valence-corrected chi connectivity index (χ2v) is 4.62. The van der Waals surface area contributed by atoms with Crippen molar-refractivity contribution in [2.24, 2.45) is 0 Å². The lowest BCUT2D eigenvalue weighted by molar-refractivity contribution is -0.130. The second-order valence-electron chi connectivity index (χ2n) is 4.62. The smallest absolute Gasteiger partial charge is 0.224 e. The molecule has 1 heterocycles. The first-order valence-electron chi connectivity index (χ1n) is 7.11. The summed E-state index contributed by atoms with van der Waals surface area (Å²) in [6, 6.07) is 9.95. The van der Waals surface area contributed by atoms with Crippen LogP contribution in [0.1, 0.15) is 20.3 Å². The van der Waals surface area contributed by atoms with Crippen LogP contribution in [0.5, 0.6) is 0 Å². The van der Waals surface area contributed by atoms with Crippen LogP contribution >= 0.6 is 0 Å². The molecule has 0 spiro atoms. The van der Waals surface area contributed by atoms with Crippen LogP contribution in [0.15, 0.2) is 36.5 Å². The van der Waals surface area contributed by atoms with Crippen molar-refractivity contribution in [1.82, 2.24) is 9.88 Å². The van der Waals surface area contributed by atoms with Crippen LogP contribution in [-0.4, -0.2) is 35.4 Å². The molecular formula is C16H21N3O. The van der Waals surface area contributed by atoms with Gasteiger partial charge in [-0.2, -0.15) is 0 Å². The third-order valence-corrected chi connectivity index (χ3v) is 3.42. The van der Waals surface area contributed by atoms with Gasteiger partial charge in [0, 0.05) is 43.3 Å². The van der Waals surface area contributed by atoms with Crippen LogP contribution in [0.4, 0.5) is 5.69 Å². The summed E-state index contributed by atoms with van der Waals surface area (Å²) in [6.45, 7) is 6.20. The Hall–Kier alpha value is -2.10. The number of carbonyl (C=O) groups excluding carboxylic acids is 1. The molecule has 0 unspecified atom stereocenters. The van der Waals surface area contributed by atoms with Gasteiger partial charge >= 0.3 is 0 Å². The first-order chi connectivity index (χ1) is 9.76. The lowest BCUT2D eigenvalue weighted by Gasteiger charge is -2.18. The minimum Gasteiger partial charge on any atom is -0.384 e. The maximum atomic E-state index is 11.9. The van der Waals surface area contributed by atoms with E-state index in [0.717, 1.165) is 29.7 Å². The van der Waals surface area contributed by atoms with Gasteiger partial charge in [0.1, 0.15) is 0 Å². The molecule has 0 radical (unpaired) electrons. The number of rotatable bonds is 6. The van der Waals surface area contributed by atoms with Gasteiger partial charge in [-0.25, -0.2) is 0 Å². The number of benzene rings is 1. The number of hydrogen-bond acceptors (Lipinski definition) is 3. The molecule has 1 aromatic carbocycles. The Morgan fingerprint density at radius 2 is 1.95 bits per heavy atom. The Morgan fingerprint density at radius 1 is 1.20 bits per heavy atom. The fourth-order valence-electron chi connectivity index (χ4n) is 2.29. The van der Waals surface area contributed by atoms with Gasteiger partial charge in [0.05, 0.1) is 5.52 Å². The third-order valence-electron chi connectivity index (χ3n) is 3.42. The summed E-state index contributed by atoms with van der Waals surface area (Å²) in [7, 11) is 0. The van der Waals surface area contributed by atoms with Crippen molar-refractivity contribution in [1.29, 1.82) is 0 Å². The van der Waals surface area contributed by atoms with Crippen molar-refractivity contribution in [3.8, 4) is 0 Å². The topological polar surface area (TPSA) is 45.2 Å². The van der Waals surface area contributed by atoms with Gasteiger partial charge in [0.2, 0.25) is 5.91 Å². The highest BCUT2D eigenvalue weighted by molar-refractivity contribution is 5.91. The van der Waals surface area contributed by atoms with E-state index in [0.29, 0.717) is 13.0 Å². The molecule has 0 aliphatic heterocycles. The van der Waals surface area contributed by atoms with E-state index < -0.39 is 0 Å². The third kappa shape index (κ3) is 3.26. The molecule has 2 rings (SSSR count). The minimum absolute atomic E-state index is 0.195. The molecule has 0 saturated carbocycles. The lowest BCUT2D eigenvalue weighted by Crippen LogP contribution is -2.31. The zero-order valence-corrected chi connectivity index (χ0v) is 12.1. The molecule has 1 N–H and O–H groups in total. The van der Waals surface area contributed by atoms with Crippen LogP contribution in [0.3, 0.4) is 0 Å². The van der Waals surface area contributed by atoms with Crippen molar-refractivity contribution < 1.29 is 4.79 Å². The predicted octanol–water partition coefficient (Wildman–Crippen LogP) is 2.91. The summed E-state index contributed by atoms with van der Waals surface area (Å²) < 4.78 is 0. The molecule has 0 saturated heterocycles. The Bertz CT molecular complexity index is 573. The van der Waals surface area contributed by atoms with Crippen molar-refractivity contribution >= 4 is 22.5 Å². The molecule has 0 atom stereocenters. The molecule has 2 aromatic rings. The molecule has 0 fully saturated rings. The highest BCUT2D eigenvalue weighted by Crippen LogP contribution is 2.20. The minimum atomic E-state index is 0.195. The molecule has 4 nitrogen and oxygen atoms in total. The number of nitrogens with zero attached hydrogens (tertiary/aromatic N) is 2. The zero-order chi connectivity index (χ0) is 14.4. The van der Waals surface area contributed by atoms with Crippen LogP contribution in [0.2, 0.25) is 0 Å². The van der Waals surface area contributed by atoms with Gasteiger partial charge in [-0.1, -0.05) is 18.2 Å². The maximum Gasteiger partial charge on any atom is 0.224 e. The molecule has 1 amide bonds. The van der Waals surface area contributed by atoms with Gasteiger partial charge in [-0.3, -0.25) is 9.78 Å². The van der Waals surface area contributed by atoms with E-state index in [-0.39, 0.29) is 5.91 Å². The average molecular weight is 271 g/mol. The highest BCUT2D eigenvalue weighted by Gasteiger charge is 2.09. The number of fused-ring (bicyclic) bond motifs is 1. The van der Waals surface area contributed by atoms with Gasteiger partial charge in [0.25, 0.3) is 0 Å². The Labute approximate surface area is 119 Å². The molecule has 0 aliphatic carbocycles. The number of nitrogens with one attached hydrogen (secondary N) is 1. The second kappa shape index (κ2) is 6.89. The normalized spacial score (nSPS) is 10.5. The van der Waals surface area contributed by atoms with Gasteiger partial charge in [0.15, 0.2) is 0 Å². The number of hydrogen-bond donors (Lipinski definition) is 1. The number of amides is 1. The van der Waals surface area contributed by atoms with E-state index in [4.69, 9.17) is 0 Å². The summed E-state index contributed by atoms with van der Waals surface area (Å²) in [5.41, 5.74) is 2.00. The fraction of sp³-hybridized carbons (Fsp3) is 0.375. The van der Waals surface area contributed by atoms with Gasteiger partial charge in [-0.05, 0) is 26.0 Å². The lowest BCUT2D eigenvalue weighted by atomic mass is 10.2. The van der Waals surface area contributed by atoms with E-state index >= 15 is 0 Å². The zero-order valence-electron chi connectivity index (χ0n) is 12.1. The molecule has 1 aromatic heterocycles.